The normalized spacial score (nSPS) is 21.4. The van der Waals surface area contributed by atoms with E-state index in [-0.39, 0.29) is 31.8 Å². The molecule has 0 aromatic heterocycles. The fourth-order valence-electron chi connectivity index (χ4n) is 1.59. The lowest BCUT2D eigenvalue weighted by Crippen LogP contribution is -2.50. The van der Waals surface area contributed by atoms with Gasteiger partial charge in [0.2, 0.25) is 5.91 Å². The van der Waals surface area contributed by atoms with E-state index in [4.69, 9.17) is 0 Å². The van der Waals surface area contributed by atoms with E-state index in [0.29, 0.717) is 6.42 Å². The second kappa shape index (κ2) is 4.21. The first-order valence-electron chi connectivity index (χ1n) is 4.78. The maximum Gasteiger partial charge on any atom is 0.266 e. The molecule has 1 heterocycles. The van der Waals surface area contributed by atoms with Crippen molar-refractivity contribution in [3.8, 4) is 0 Å². The zero-order chi connectivity index (χ0) is 10.8. The summed E-state index contributed by atoms with van der Waals surface area (Å²) >= 11 is 0. The molecule has 0 spiro atoms. The number of likely N-dealkylation sites (tertiary alicyclic amines) is 1. The lowest BCUT2D eigenvalue weighted by molar-refractivity contribution is -0.147. The number of hydrogen-bond acceptors (Lipinski definition) is 2. The fraction of sp³-hybridized carbons (Fsp3) is 0.889. The molecule has 14 heavy (non-hydrogen) atoms. The van der Waals surface area contributed by atoms with Crippen molar-refractivity contribution >= 4 is 5.91 Å². The number of carbonyl (C=O) groups is 1. The highest BCUT2D eigenvalue weighted by molar-refractivity contribution is 5.75. The van der Waals surface area contributed by atoms with Crippen LogP contribution in [0.25, 0.3) is 0 Å². The summed E-state index contributed by atoms with van der Waals surface area (Å²) < 4.78 is 24.7. The van der Waals surface area contributed by atoms with Gasteiger partial charge in [-0.2, -0.15) is 0 Å². The Bertz CT molecular complexity index is 213. The van der Waals surface area contributed by atoms with Crippen LogP contribution in [0.5, 0.6) is 0 Å². The highest BCUT2D eigenvalue weighted by atomic mass is 19.3. The molecule has 0 bridgehead atoms. The standard InChI is InChI=1S/C9H15F2NO2/c1-2-7(13)12-5-3-9(14,4-6-12)8(10)11/h8,14H,2-6H2,1H3. The average molecular weight is 207 g/mol. The molecule has 0 atom stereocenters. The summed E-state index contributed by atoms with van der Waals surface area (Å²) in [6, 6.07) is 0. The third-order valence-corrected chi connectivity index (χ3v) is 2.69. The molecule has 1 rings (SSSR count). The van der Waals surface area contributed by atoms with Crippen LogP contribution < -0.4 is 0 Å². The van der Waals surface area contributed by atoms with Gasteiger partial charge in [0.15, 0.2) is 0 Å². The van der Waals surface area contributed by atoms with Crippen molar-refractivity contribution in [2.24, 2.45) is 0 Å². The van der Waals surface area contributed by atoms with Gasteiger partial charge in [-0.05, 0) is 12.8 Å². The third-order valence-electron chi connectivity index (χ3n) is 2.69. The van der Waals surface area contributed by atoms with Gasteiger partial charge in [-0.3, -0.25) is 4.79 Å². The number of carbonyl (C=O) groups excluding carboxylic acids is 1. The molecule has 0 aromatic carbocycles. The zero-order valence-corrected chi connectivity index (χ0v) is 8.17. The molecule has 1 N–H and O–H groups in total. The maximum atomic E-state index is 12.4. The predicted octanol–water partition coefficient (Wildman–Crippen LogP) is 1.01. The second-order valence-corrected chi connectivity index (χ2v) is 3.64. The van der Waals surface area contributed by atoms with Gasteiger partial charge in [0.05, 0.1) is 0 Å². The number of aliphatic hydroxyl groups is 1. The molecule has 1 amide bonds. The Kier molecular flexibility index (Phi) is 3.42. The molecule has 1 fully saturated rings. The van der Waals surface area contributed by atoms with Gasteiger partial charge in [-0.25, -0.2) is 8.78 Å². The minimum absolute atomic E-state index is 0.0313. The fourth-order valence-corrected chi connectivity index (χ4v) is 1.59. The Balaban J connectivity index is 2.49. The molecule has 0 radical (unpaired) electrons. The Morgan fingerprint density at radius 1 is 1.50 bits per heavy atom. The largest absolute Gasteiger partial charge is 0.384 e. The molecule has 0 saturated carbocycles. The average Bonchev–Trinajstić information content (AvgIpc) is 2.17. The molecule has 5 heteroatoms. The smallest absolute Gasteiger partial charge is 0.266 e. The van der Waals surface area contributed by atoms with E-state index in [2.05, 4.69) is 0 Å². The summed E-state index contributed by atoms with van der Waals surface area (Å²) in [5.41, 5.74) is -1.88. The Labute approximate surface area is 81.7 Å². The second-order valence-electron chi connectivity index (χ2n) is 3.64. The minimum Gasteiger partial charge on any atom is -0.384 e. The van der Waals surface area contributed by atoms with Gasteiger partial charge < -0.3 is 10.0 Å². The highest BCUT2D eigenvalue weighted by Crippen LogP contribution is 2.28. The summed E-state index contributed by atoms with van der Waals surface area (Å²) in [6.45, 7) is 2.19. The van der Waals surface area contributed by atoms with Crippen molar-refractivity contribution in [2.45, 2.75) is 38.2 Å². The van der Waals surface area contributed by atoms with Gasteiger partial charge in [-0.15, -0.1) is 0 Å². The Hall–Kier alpha value is -0.710. The van der Waals surface area contributed by atoms with E-state index < -0.39 is 12.0 Å². The SMILES string of the molecule is CCC(=O)N1CCC(O)(C(F)F)CC1. The summed E-state index contributed by atoms with van der Waals surface area (Å²) in [4.78, 5) is 12.7. The number of nitrogens with zero attached hydrogens (tertiary/aromatic N) is 1. The van der Waals surface area contributed by atoms with E-state index in [1.165, 1.54) is 4.90 Å². The quantitative estimate of drug-likeness (QED) is 0.734. The van der Waals surface area contributed by atoms with E-state index in [1.807, 2.05) is 0 Å². The first-order valence-corrected chi connectivity index (χ1v) is 4.78. The molecule has 1 aliphatic rings. The highest BCUT2D eigenvalue weighted by Gasteiger charge is 2.41. The number of halogens is 2. The first-order chi connectivity index (χ1) is 6.49. The number of alkyl halides is 2. The van der Waals surface area contributed by atoms with Crippen molar-refractivity contribution in [3.63, 3.8) is 0 Å². The number of piperidine rings is 1. The van der Waals surface area contributed by atoms with E-state index >= 15 is 0 Å². The number of rotatable bonds is 2. The molecular formula is C9H15F2NO2. The Morgan fingerprint density at radius 2 is 2.00 bits per heavy atom. The van der Waals surface area contributed by atoms with Crippen LogP contribution in [0.4, 0.5) is 8.78 Å². The molecule has 0 aromatic rings. The van der Waals surface area contributed by atoms with E-state index in [0.717, 1.165) is 0 Å². The molecule has 3 nitrogen and oxygen atoms in total. The molecule has 0 unspecified atom stereocenters. The van der Waals surface area contributed by atoms with Crippen LogP contribution in [0.15, 0.2) is 0 Å². The molecule has 1 aliphatic heterocycles. The van der Waals surface area contributed by atoms with Gasteiger partial charge in [0, 0.05) is 19.5 Å². The molecule has 1 saturated heterocycles. The van der Waals surface area contributed by atoms with Gasteiger partial charge in [-0.1, -0.05) is 6.92 Å². The maximum absolute atomic E-state index is 12.4. The zero-order valence-electron chi connectivity index (χ0n) is 8.17. The third kappa shape index (κ3) is 2.20. The monoisotopic (exact) mass is 207 g/mol. The summed E-state index contributed by atoms with van der Waals surface area (Å²) in [7, 11) is 0. The van der Waals surface area contributed by atoms with Crippen molar-refractivity contribution in [1.29, 1.82) is 0 Å². The number of amides is 1. The molecular weight excluding hydrogens is 192 g/mol. The predicted molar refractivity (Wildman–Crippen MR) is 47.1 cm³/mol. The van der Waals surface area contributed by atoms with Gasteiger partial charge >= 0.3 is 0 Å². The first kappa shape index (κ1) is 11.4. The van der Waals surface area contributed by atoms with Crippen molar-refractivity contribution in [3.05, 3.63) is 0 Å². The molecule has 0 aliphatic carbocycles. The van der Waals surface area contributed by atoms with Crippen LogP contribution in [-0.2, 0) is 4.79 Å². The van der Waals surface area contributed by atoms with Crippen LogP contribution in [0, 0.1) is 0 Å². The van der Waals surface area contributed by atoms with Gasteiger partial charge in [0.25, 0.3) is 6.43 Å². The van der Waals surface area contributed by atoms with Crippen LogP contribution >= 0.6 is 0 Å². The van der Waals surface area contributed by atoms with Gasteiger partial charge in [0.1, 0.15) is 5.60 Å². The molecule has 82 valence electrons. The van der Waals surface area contributed by atoms with E-state index in [9.17, 15) is 18.7 Å². The van der Waals surface area contributed by atoms with Crippen LogP contribution in [-0.4, -0.2) is 41.0 Å². The van der Waals surface area contributed by atoms with Crippen molar-refractivity contribution in [2.75, 3.05) is 13.1 Å². The summed E-state index contributed by atoms with van der Waals surface area (Å²) in [5.74, 6) is -0.0404. The van der Waals surface area contributed by atoms with E-state index in [1.54, 1.807) is 6.92 Å². The lowest BCUT2D eigenvalue weighted by Gasteiger charge is -2.37. The Morgan fingerprint density at radius 3 is 2.36 bits per heavy atom. The summed E-state index contributed by atoms with van der Waals surface area (Å²) in [5, 5.41) is 9.43. The van der Waals surface area contributed by atoms with Crippen LogP contribution in [0.2, 0.25) is 0 Å². The topological polar surface area (TPSA) is 40.5 Å². The summed E-state index contributed by atoms with van der Waals surface area (Å²) in [6.07, 6.45) is -2.40. The van der Waals surface area contributed by atoms with Crippen molar-refractivity contribution in [1.82, 2.24) is 4.90 Å². The van der Waals surface area contributed by atoms with Crippen LogP contribution in [0.1, 0.15) is 26.2 Å². The number of hydrogen-bond donors (Lipinski definition) is 1. The minimum atomic E-state index is -2.72. The van der Waals surface area contributed by atoms with Crippen molar-refractivity contribution < 1.29 is 18.7 Å². The van der Waals surface area contributed by atoms with Crippen LogP contribution in [0.3, 0.4) is 0 Å². The lowest BCUT2D eigenvalue weighted by atomic mass is 9.92.